The van der Waals surface area contributed by atoms with Crippen molar-refractivity contribution < 1.29 is 9.90 Å². The minimum Gasteiger partial charge on any atom is -0.396 e. The van der Waals surface area contributed by atoms with Gasteiger partial charge in [0.15, 0.2) is 5.65 Å². The second kappa shape index (κ2) is 7.35. The van der Waals surface area contributed by atoms with Crippen LogP contribution in [0.25, 0.3) is 11.2 Å². The molecule has 0 saturated carbocycles. The van der Waals surface area contributed by atoms with Gasteiger partial charge in [-0.1, -0.05) is 13.8 Å². The molecule has 120 valence electrons. The average Bonchev–Trinajstić information content (AvgIpc) is 2.97. The molecule has 2 heterocycles. The van der Waals surface area contributed by atoms with Gasteiger partial charge in [-0.15, -0.1) is 0 Å². The standard InChI is InChI=1S/C16H24N4O2/c1-3-16(4-2,11-21)10-18-14(22)8-7-13-19-12-6-5-9-17-15(12)20-13/h5-6,9,21H,3-4,7-8,10-11H2,1-2H3,(H,18,22)(H,17,19,20). The minimum absolute atomic E-state index is 0.0202. The fraction of sp³-hybridized carbons (Fsp3) is 0.562. The minimum atomic E-state index is -0.209. The average molecular weight is 304 g/mol. The molecule has 0 aliphatic heterocycles. The molecule has 0 aromatic carbocycles. The SMILES string of the molecule is CCC(CC)(CO)CNC(=O)CCc1nc2ncccc2[nH]1. The highest BCUT2D eigenvalue weighted by Crippen LogP contribution is 2.24. The Morgan fingerprint density at radius 3 is 2.82 bits per heavy atom. The van der Waals surface area contributed by atoms with Gasteiger partial charge in [-0.05, 0) is 25.0 Å². The van der Waals surface area contributed by atoms with Crippen LogP contribution in [0.1, 0.15) is 38.9 Å². The lowest BCUT2D eigenvalue weighted by molar-refractivity contribution is -0.121. The number of nitrogens with one attached hydrogen (secondary N) is 2. The number of nitrogens with zero attached hydrogens (tertiary/aromatic N) is 2. The van der Waals surface area contributed by atoms with E-state index in [1.807, 2.05) is 26.0 Å². The zero-order valence-corrected chi connectivity index (χ0v) is 13.2. The Morgan fingerprint density at radius 1 is 1.41 bits per heavy atom. The molecule has 0 aliphatic rings. The van der Waals surface area contributed by atoms with Crippen LogP contribution in [-0.2, 0) is 11.2 Å². The predicted molar refractivity (Wildman–Crippen MR) is 85.3 cm³/mol. The van der Waals surface area contributed by atoms with Gasteiger partial charge >= 0.3 is 0 Å². The Kier molecular flexibility index (Phi) is 5.49. The van der Waals surface area contributed by atoms with E-state index in [1.165, 1.54) is 0 Å². The van der Waals surface area contributed by atoms with Crippen molar-refractivity contribution in [2.75, 3.05) is 13.2 Å². The van der Waals surface area contributed by atoms with Crippen molar-refractivity contribution in [3.8, 4) is 0 Å². The number of hydrogen-bond acceptors (Lipinski definition) is 4. The lowest BCUT2D eigenvalue weighted by Crippen LogP contribution is -2.39. The van der Waals surface area contributed by atoms with Crippen molar-refractivity contribution in [1.29, 1.82) is 0 Å². The first kappa shape index (κ1) is 16.4. The lowest BCUT2D eigenvalue weighted by atomic mass is 9.83. The van der Waals surface area contributed by atoms with Gasteiger partial charge in [-0.3, -0.25) is 4.79 Å². The van der Waals surface area contributed by atoms with Gasteiger partial charge in [-0.2, -0.15) is 0 Å². The first-order chi connectivity index (χ1) is 10.6. The number of aliphatic hydroxyl groups excluding tert-OH is 1. The van der Waals surface area contributed by atoms with Crippen LogP contribution in [0.5, 0.6) is 0 Å². The molecule has 0 spiro atoms. The molecular weight excluding hydrogens is 280 g/mol. The van der Waals surface area contributed by atoms with E-state index in [9.17, 15) is 9.90 Å². The van der Waals surface area contributed by atoms with Gasteiger partial charge in [0.1, 0.15) is 5.82 Å². The Bertz CT molecular complexity index is 578. The number of aromatic nitrogens is 3. The Hall–Kier alpha value is -1.95. The molecule has 0 radical (unpaired) electrons. The number of aryl methyl sites for hydroxylation is 1. The largest absolute Gasteiger partial charge is 0.396 e. The quantitative estimate of drug-likeness (QED) is 0.693. The van der Waals surface area contributed by atoms with E-state index in [1.54, 1.807) is 6.20 Å². The Morgan fingerprint density at radius 2 is 2.18 bits per heavy atom. The molecule has 0 saturated heterocycles. The summed E-state index contributed by atoms with van der Waals surface area (Å²) in [6, 6.07) is 3.76. The third kappa shape index (κ3) is 3.82. The van der Waals surface area contributed by atoms with E-state index in [0.29, 0.717) is 25.0 Å². The van der Waals surface area contributed by atoms with Crippen LogP contribution in [-0.4, -0.2) is 39.1 Å². The van der Waals surface area contributed by atoms with Crippen molar-refractivity contribution in [3.63, 3.8) is 0 Å². The molecule has 2 aromatic rings. The number of aromatic amines is 1. The van der Waals surface area contributed by atoms with Gasteiger partial charge in [0.05, 0.1) is 12.1 Å². The fourth-order valence-corrected chi connectivity index (χ4v) is 2.40. The fourth-order valence-electron chi connectivity index (χ4n) is 2.40. The maximum Gasteiger partial charge on any atom is 0.220 e. The summed E-state index contributed by atoms with van der Waals surface area (Å²) >= 11 is 0. The van der Waals surface area contributed by atoms with Gasteiger partial charge in [-0.25, -0.2) is 9.97 Å². The first-order valence-electron chi connectivity index (χ1n) is 7.79. The maximum absolute atomic E-state index is 12.0. The van der Waals surface area contributed by atoms with E-state index in [-0.39, 0.29) is 17.9 Å². The molecule has 2 rings (SSSR count). The number of carbonyl (C=O) groups excluding carboxylic acids is 1. The number of H-pyrrole nitrogens is 1. The molecule has 6 nitrogen and oxygen atoms in total. The van der Waals surface area contributed by atoms with Crippen molar-refractivity contribution in [2.45, 2.75) is 39.5 Å². The summed E-state index contributed by atoms with van der Waals surface area (Å²) in [5, 5.41) is 12.4. The van der Waals surface area contributed by atoms with E-state index >= 15 is 0 Å². The number of carbonyl (C=O) groups is 1. The normalized spacial score (nSPS) is 11.8. The maximum atomic E-state index is 12.0. The molecule has 0 aliphatic carbocycles. The summed E-state index contributed by atoms with van der Waals surface area (Å²) in [6.45, 7) is 4.67. The molecule has 0 unspecified atom stereocenters. The number of amides is 1. The van der Waals surface area contributed by atoms with Crippen LogP contribution < -0.4 is 5.32 Å². The zero-order chi connectivity index (χ0) is 16.0. The Balaban J connectivity index is 1.85. The van der Waals surface area contributed by atoms with Gasteiger partial charge in [0, 0.05) is 31.0 Å². The molecule has 1 amide bonds. The van der Waals surface area contributed by atoms with Crippen LogP contribution in [0.3, 0.4) is 0 Å². The third-order valence-electron chi connectivity index (χ3n) is 4.39. The smallest absolute Gasteiger partial charge is 0.220 e. The van der Waals surface area contributed by atoms with E-state index in [2.05, 4.69) is 20.3 Å². The number of hydrogen-bond donors (Lipinski definition) is 3. The van der Waals surface area contributed by atoms with Crippen molar-refractivity contribution in [2.24, 2.45) is 5.41 Å². The van der Waals surface area contributed by atoms with Crippen LogP contribution >= 0.6 is 0 Å². The molecule has 6 heteroatoms. The lowest BCUT2D eigenvalue weighted by Gasteiger charge is -2.29. The molecule has 0 bridgehead atoms. The first-order valence-corrected chi connectivity index (χ1v) is 7.79. The van der Waals surface area contributed by atoms with Crippen molar-refractivity contribution >= 4 is 17.1 Å². The highest BCUT2D eigenvalue weighted by atomic mass is 16.3. The van der Waals surface area contributed by atoms with E-state index in [4.69, 9.17) is 0 Å². The van der Waals surface area contributed by atoms with E-state index < -0.39 is 0 Å². The van der Waals surface area contributed by atoms with Crippen LogP contribution in [0.15, 0.2) is 18.3 Å². The summed E-state index contributed by atoms with van der Waals surface area (Å²) in [7, 11) is 0. The molecule has 0 fully saturated rings. The Labute approximate surface area is 130 Å². The summed E-state index contributed by atoms with van der Waals surface area (Å²) < 4.78 is 0. The number of rotatable bonds is 8. The molecular formula is C16H24N4O2. The topological polar surface area (TPSA) is 90.9 Å². The van der Waals surface area contributed by atoms with Crippen LogP contribution in [0.2, 0.25) is 0 Å². The number of imidazole rings is 1. The highest BCUT2D eigenvalue weighted by molar-refractivity contribution is 5.76. The second-order valence-corrected chi connectivity index (χ2v) is 5.70. The van der Waals surface area contributed by atoms with Crippen molar-refractivity contribution in [1.82, 2.24) is 20.3 Å². The number of aliphatic hydroxyl groups is 1. The summed E-state index contributed by atoms with van der Waals surface area (Å²) in [5.41, 5.74) is 1.35. The summed E-state index contributed by atoms with van der Waals surface area (Å²) in [6.07, 6.45) is 4.30. The van der Waals surface area contributed by atoms with Crippen LogP contribution in [0.4, 0.5) is 0 Å². The van der Waals surface area contributed by atoms with Gasteiger partial charge < -0.3 is 15.4 Å². The van der Waals surface area contributed by atoms with Gasteiger partial charge in [0.2, 0.25) is 5.91 Å². The number of fused-ring (bicyclic) bond motifs is 1. The third-order valence-corrected chi connectivity index (χ3v) is 4.39. The highest BCUT2D eigenvalue weighted by Gasteiger charge is 2.25. The number of pyridine rings is 1. The summed E-state index contributed by atoms with van der Waals surface area (Å²) in [5.74, 6) is 0.747. The van der Waals surface area contributed by atoms with E-state index in [0.717, 1.165) is 24.2 Å². The van der Waals surface area contributed by atoms with Crippen LogP contribution in [0, 0.1) is 5.41 Å². The zero-order valence-electron chi connectivity index (χ0n) is 13.2. The molecule has 2 aromatic heterocycles. The summed E-state index contributed by atoms with van der Waals surface area (Å²) in [4.78, 5) is 23.7. The second-order valence-electron chi connectivity index (χ2n) is 5.70. The predicted octanol–water partition coefficient (Wildman–Crippen LogP) is 1.81. The molecule has 22 heavy (non-hydrogen) atoms. The molecule has 0 atom stereocenters. The van der Waals surface area contributed by atoms with Crippen molar-refractivity contribution in [3.05, 3.63) is 24.2 Å². The van der Waals surface area contributed by atoms with Gasteiger partial charge in [0.25, 0.3) is 0 Å². The monoisotopic (exact) mass is 304 g/mol. The molecule has 3 N–H and O–H groups in total.